The lowest BCUT2D eigenvalue weighted by molar-refractivity contribution is 0.911. The van der Waals surface area contributed by atoms with Crippen molar-refractivity contribution in [2.75, 3.05) is 9.80 Å². The Bertz CT molecular complexity index is 1750. The van der Waals surface area contributed by atoms with E-state index in [1.165, 1.54) is 106 Å². The summed E-state index contributed by atoms with van der Waals surface area (Å²) >= 11 is 0. The number of hydrogen-bond donors (Lipinski definition) is 0. The molecule has 0 amide bonds. The Morgan fingerprint density at radius 2 is 0.636 bits per heavy atom. The highest BCUT2D eigenvalue weighted by molar-refractivity contribution is 5.81. The molecule has 0 saturated carbocycles. The second kappa shape index (κ2) is 11.5. The van der Waals surface area contributed by atoms with Crippen LogP contribution in [0.2, 0.25) is 0 Å². The van der Waals surface area contributed by atoms with E-state index < -0.39 is 0 Å². The SMILES string of the molecule is c1ccc(N(c2ccc(-c3ccc(N(c4ccccc4)c4ccc5c(c4)CCC5)cc3)cc2)c2ccc3c(c2)CCC3)cc1. The first-order valence-corrected chi connectivity index (χ1v) is 15.9. The maximum atomic E-state index is 2.39. The second-order valence-corrected chi connectivity index (χ2v) is 12.0. The molecule has 0 radical (unpaired) electrons. The van der Waals surface area contributed by atoms with Crippen molar-refractivity contribution in [2.24, 2.45) is 0 Å². The van der Waals surface area contributed by atoms with E-state index in [0.29, 0.717) is 0 Å². The van der Waals surface area contributed by atoms with Crippen molar-refractivity contribution in [3.05, 3.63) is 168 Å². The first-order chi connectivity index (χ1) is 21.8. The van der Waals surface area contributed by atoms with Gasteiger partial charge >= 0.3 is 0 Å². The lowest BCUT2D eigenvalue weighted by Gasteiger charge is -2.27. The number of rotatable bonds is 7. The van der Waals surface area contributed by atoms with Crippen molar-refractivity contribution in [3.63, 3.8) is 0 Å². The highest BCUT2D eigenvalue weighted by atomic mass is 15.1. The molecular weight excluding hydrogens is 532 g/mol. The molecule has 0 aliphatic heterocycles. The highest BCUT2D eigenvalue weighted by Gasteiger charge is 2.18. The minimum Gasteiger partial charge on any atom is -0.310 e. The van der Waals surface area contributed by atoms with Gasteiger partial charge in [0.05, 0.1) is 0 Å². The Hall–Kier alpha value is -5.08. The average molecular weight is 569 g/mol. The van der Waals surface area contributed by atoms with Crippen LogP contribution in [0.5, 0.6) is 0 Å². The van der Waals surface area contributed by atoms with Gasteiger partial charge in [-0.05, 0) is 145 Å². The summed E-state index contributed by atoms with van der Waals surface area (Å²) in [7, 11) is 0. The monoisotopic (exact) mass is 568 g/mol. The maximum absolute atomic E-state index is 2.39. The van der Waals surface area contributed by atoms with Crippen LogP contribution < -0.4 is 9.80 Å². The van der Waals surface area contributed by atoms with E-state index in [-0.39, 0.29) is 0 Å². The molecule has 2 aliphatic carbocycles. The molecule has 214 valence electrons. The zero-order valence-electron chi connectivity index (χ0n) is 25.0. The third-order valence-corrected chi connectivity index (χ3v) is 9.29. The van der Waals surface area contributed by atoms with Crippen LogP contribution in [0.25, 0.3) is 11.1 Å². The van der Waals surface area contributed by atoms with E-state index in [1.54, 1.807) is 0 Å². The van der Waals surface area contributed by atoms with Gasteiger partial charge in [-0.15, -0.1) is 0 Å². The van der Waals surface area contributed by atoms with Crippen LogP contribution in [-0.4, -0.2) is 0 Å². The van der Waals surface area contributed by atoms with Gasteiger partial charge in [0.15, 0.2) is 0 Å². The van der Waals surface area contributed by atoms with Gasteiger partial charge in [-0.3, -0.25) is 0 Å². The van der Waals surface area contributed by atoms with Gasteiger partial charge in [0.25, 0.3) is 0 Å². The minimum atomic E-state index is 1.17. The number of hydrogen-bond acceptors (Lipinski definition) is 2. The van der Waals surface area contributed by atoms with Gasteiger partial charge in [-0.2, -0.15) is 0 Å². The number of aryl methyl sites for hydroxylation is 4. The first kappa shape index (κ1) is 26.5. The second-order valence-electron chi connectivity index (χ2n) is 12.0. The number of benzene rings is 6. The van der Waals surface area contributed by atoms with Crippen LogP contribution in [0.1, 0.15) is 35.1 Å². The number of para-hydroxylation sites is 2. The molecule has 0 atom stereocenters. The Morgan fingerprint density at radius 1 is 0.295 bits per heavy atom. The normalized spacial score (nSPS) is 13.4. The van der Waals surface area contributed by atoms with E-state index >= 15 is 0 Å². The van der Waals surface area contributed by atoms with Crippen molar-refractivity contribution in [3.8, 4) is 11.1 Å². The highest BCUT2D eigenvalue weighted by Crippen LogP contribution is 2.40. The van der Waals surface area contributed by atoms with Crippen molar-refractivity contribution < 1.29 is 0 Å². The number of anilines is 6. The largest absolute Gasteiger partial charge is 0.310 e. The molecule has 44 heavy (non-hydrogen) atoms. The molecule has 0 saturated heterocycles. The van der Waals surface area contributed by atoms with E-state index in [1.807, 2.05) is 0 Å². The third kappa shape index (κ3) is 5.07. The van der Waals surface area contributed by atoms with Gasteiger partial charge in [0, 0.05) is 34.1 Å². The molecule has 8 rings (SSSR count). The van der Waals surface area contributed by atoms with E-state index in [9.17, 15) is 0 Å². The van der Waals surface area contributed by atoms with Crippen LogP contribution in [0.3, 0.4) is 0 Å². The van der Waals surface area contributed by atoms with E-state index in [4.69, 9.17) is 0 Å². The molecule has 2 heteroatoms. The van der Waals surface area contributed by atoms with Crippen LogP contribution >= 0.6 is 0 Å². The summed E-state index contributed by atoms with van der Waals surface area (Å²) in [5, 5.41) is 0. The van der Waals surface area contributed by atoms with Crippen LogP contribution in [0.4, 0.5) is 34.1 Å². The van der Waals surface area contributed by atoms with Crippen LogP contribution in [-0.2, 0) is 25.7 Å². The smallest absolute Gasteiger partial charge is 0.0464 e. The van der Waals surface area contributed by atoms with Crippen molar-refractivity contribution >= 4 is 34.1 Å². The lowest BCUT2D eigenvalue weighted by atomic mass is 10.0. The zero-order chi connectivity index (χ0) is 29.3. The molecule has 6 aromatic rings. The summed E-state index contributed by atoms with van der Waals surface area (Å²) in [6.45, 7) is 0. The average Bonchev–Trinajstić information content (AvgIpc) is 3.76. The summed E-state index contributed by atoms with van der Waals surface area (Å²) in [4.78, 5) is 4.75. The maximum Gasteiger partial charge on any atom is 0.0464 e. The predicted molar refractivity (Wildman–Crippen MR) is 185 cm³/mol. The summed E-state index contributed by atoms with van der Waals surface area (Å²) in [6, 6.07) is 53.4. The van der Waals surface area contributed by atoms with E-state index in [0.717, 1.165) is 0 Å². The lowest BCUT2D eigenvalue weighted by Crippen LogP contribution is -2.10. The molecular formula is C42H36N2. The Labute approximate surface area is 260 Å². The Balaban J connectivity index is 1.11. The Kier molecular flexibility index (Phi) is 6.96. The summed E-state index contributed by atoms with van der Waals surface area (Å²) in [5.41, 5.74) is 15.5. The van der Waals surface area contributed by atoms with Gasteiger partial charge < -0.3 is 9.80 Å². The molecule has 0 N–H and O–H groups in total. The van der Waals surface area contributed by atoms with Gasteiger partial charge in [0.2, 0.25) is 0 Å². The fraction of sp³-hybridized carbons (Fsp3) is 0.143. The summed E-state index contributed by atoms with van der Waals surface area (Å²) in [6.07, 6.45) is 7.27. The van der Waals surface area contributed by atoms with Crippen LogP contribution in [0, 0.1) is 0 Å². The van der Waals surface area contributed by atoms with E-state index in [2.05, 4.69) is 155 Å². The summed E-state index contributed by atoms with van der Waals surface area (Å²) < 4.78 is 0. The summed E-state index contributed by atoms with van der Waals surface area (Å²) in [5.74, 6) is 0. The quantitative estimate of drug-likeness (QED) is 0.189. The fourth-order valence-electron chi connectivity index (χ4n) is 7.05. The van der Waals surface area contributed by atoms with Crippen LogP contribution in [0.15, 0.2) is 146 Å². The molecule has 0 unspecified atom stereocenters. The van der Waals surface area contributed by atoms with Crippen molar-refractivity contribution in [2.45, 2.75) is 38.5 Å². The standard InChI is InChI=1S/C42H36N2/c1-3-13-37(14-4-1)43(41-27-21-31-9-7-11-35(31)29-41)39-23-17-33(18-24-39)34-19-25-40(26-20-34)44(38-15-5-2-6-16-38)42-28-22-32-10-8-12-36(32)30-42/h1-6,13-30H,7-12H2. The van der Waals surface area contributed by atoms with Gasteiger partial charge in [-0.1, -0.05) is 72.8 Å². The molecule has 0 aromatic heterocycles. The third-order valence-electron chi connectivity index (χ3n) is 9.29. The molecule has 0 heterocycles. The number of fused-ring (bicyclic) bond motifs is 2. The number of nitrogens with zero attached hydrogens (tertiary/aromatic N) is 2. The molecule has 0 fully saturated rings. The van der Waals surface area contributed by atoms with Crippen molar-refractivity contribution in [1.82, 2.24) is 0 Å². The zero-order valence-corrected chi connectivity index (χ0v) is 25.0. The molecule has 0 spiro atoms. The molecule has 0 bridgehead atoms. The van der Waals surface area contributed by atoms with Crippen molar-refractivity contribution in [1.29, 1.82) is 0 Å². The topological polar surface area (TPSA) is 6.48 Å². The molecule has 2 aliphatic rings. The van der Waals surface area contributed by atoms with Gasteiger partial charge in [0.1, 0.15) is 0 Å². The van der Waals surface area contributed by atoms with Gasteiger partial charge in [-0.25, -0.2) is 0 Å². The molecule has 2 nitrogen and oxygen atoms in total. The first-order valence-electron chi connectivity index (χ1n) is 15.9. The predicted octanol–water partition coefficient (Wildman–Crippen LogP) is 11.3. The fourth-order valence-corrected chi connectivity index (χ4v) is 7.05. The Morgan fingerprint density at radius 3 is 1.05 bits per heavy atom. The molecule has 6 aromatic carbocycles. The minimum absolute atomic E-state index is 1.17.